The van der Waals surface area contributed by atoms with Crippen molar-refractivity contribution in [3.05, 3.63) is 11.7 Å². The second kappa shape index (κ2) is 9.83. The molecule has 1 aromatic heterocycles. The molecule has 28 heavy (non-hydrogen) atoms. The summed E-state index contributed by atoms with van der Waals surface area (Å²) in [6, 6.07) is 0. The Morgan fingerprint density at radius 3 is 2.61 bits per heavy atom. The van der Waals surface area contributed by atoms with Crippen LogP contribution in [-0.4, -0.2) is 71.8 Å². The average Bonchev–Trinajstić information content (AvgIpc) is 3.32. The van der Waals surface area contributed by atoms with E-state index in [1.807, 2.05) is 0 Å². The molecule has 3 saturated heterocycles. The third-order valence-electron chi connectivity index (χ3n) is 6.53. The third kappa shape index (κ3) is 5.32. The molecule has 7 heteroatoms. The Bertz CT molecular complexity index is 621. The zero-order valence-corrected chi connectivity index (χ0v) is 17.0. The highest BCUT2D eigenvalue weighted by atomic mass is 16.5. The molecule has 3 fully saturated rings. The minimum absolute atomic E-state index is 0.311. The summed E-state index contributed by atoms with van der Waals surface area (Å²) >= 11 is 0. The molecule has 1 unspecified atom stereocenters. The van der Waals surface area contributed by atoms with Gasteiger partial charge in [0, 0.05) is 38.6 Å². The smallest absolute Gasteiger partial charge is 0.236 e. The standard InChI is InChI=1S/C21H34N4O3/c26-20(16-24-10-3-1-2-4-11-24)25-12-7-17(15-25)5-6-19-22-21(28-23-19)18-8-13-27-14-9-18/h17-18H,1-16H2. The van der Waals surface area contributed by atoms with Gasteiger partial charge in [0.1, 0.15) is 0 Å². The molecule has 0 aromatic carbocycles. The van der Waals surface area contributed by atoms with E-state index in [1.165, 1.54) is 25.7 Å². The first-order valence-corrected chi connectivity index (χ1v) is 11.2. The van der Waals surface area contributed by atoms with Crippen LogP contribution in [-0.2, 0) is 16.0 Å². The lowest BCUT2D eigenvalue weighted by Crippen LogP contribution is -2.39. The normalized spacial score (nSPS) is 25.1. The van der Waals surface area contributed by atoms with E-state index in [2.05, 4.69) is 19.9 Å². The van der Waals surface area contributed by atoms with Gasteiger partial charge < -0.3 is 14.2 Å². The second-order valence-electron chi connectivity index (χ2n) is 8.66. The topological polar surface area (TPSA) is 71.7 Å². The van der Waals surface area contributed by atoms with Crippen LogP contribution in [0.2, 0.25) is 0 Å². The molecular weight excluding hydrogens is 356 g/mol. The van der Waals surface area contributed by atoms with Gasteiger partial charge in [-0.25, -0.2) is 0 Å². The molecule has 3 aliphatic heterocycles. The Hall–Kier alpha value is -1.47. The van der Waals surface area contributed by atoms with Gasteiger partial charge in [0.25, 0.3) is 0 Å². The molecule has 1 aromatic rings. The van der Waals surface area contributed by atoms with Crippen LogP contribution in [0.3, 0.4) is 0 Å². The van der Waals surface area contributed by atoms with Crippen LogP contribution in [0.4, 0.5) is 0 Å². The number of rotatable bonds is 6. The van der Waals surface area contributed by atoms with Gasteiger partial charge in [-0.15, -0.1) is 0 Å². The summed E-state index contributed by atoms with van der Waals surface area (Å²) in [7, 11) is 0. The third-order valence-corrected chi connectivity index (χ3v) is 6.53. The first-order chi connectivity index (χ1) is 13.8. The number of aromatic nitrogens is 2. The van der Waals surface area contributed by atoms with Gasteiger partial charge in [0.2, 0.25) is 11.8 Å². The van der Waals surface area contributed by atoms with Crippen molar-refractivity contribution in [3.8, 4) is 0 Å². The maximum absolute atomic E-state index is 12.7. The Kier molecular flexibility index (Phi) is 6.96. The van der Waals surface area contributed by atoms with Crippen molar-refractivity contribution >= 4 is 5.91 Å². The van der Waals surface area contributed by atoms with E-state index in [4.69, 9.17) is 9.26 Å². The molecule has 4 rings (SSSR count). The van der Waals surface area contributed by atoms with Crippen molar-refractivity contribution in [2.24, 2.45) is 5.92 Å². The molecule has 0 saturated carbocycles. The number of likely N-dealkylation sites (tertiary alicyclic amines) is 2. The molecule has 7 nitrogen and oxygen atoms in total. The fraction of sp³-hybridized carbons (Fsp3) is 0.857. The maximum atomic E-state index is 12.7. The molecule has 0 aliphatic carbocycles. The monoisotopic (exact) mass is 390 g/mol. The van der Waals surface area contributed by atoms with Gasteiger partial charge in [-0.3, -0.25) is 9.69 Å². The van der Waals surface area contributed by atoms with Crippen LogP contribution in [0.5, 0.6) is 0 Å². The van der Waals surface area contributed by atoms with E-state index < -0.39 is 0 Å². The van der Waals surface area contributed by atoms with Crippen LogP contribution >= 0.6 is 0 Å². The van der Waals surface area contributed by atoms with Crippen molar-refractivity contribution in [2.75, 3.05) is 45.9 Å². The highest BCUT2D eigenvalue weighted by Gasteiger charge is 2.28. The summed E-state index contributed by atoms with van der Waals surface area (Å²) < 4.78 is 10.9. The minimum atomic E-state index is 0.311. The lowest BCUT2D eigenvalue weighted by atomic mass is 10.0. The summed E-state index contributed by atoms with van der Waals surface area (Å²) in [4.78, 5) is 21.7. The molecule has 0 spiro atoms. The van der Waals surface area contributed by atoms with E-state index in [-0.39, 0.29) is 0 Å². The quantitative estimate of drug-likeness (QED) is 0.744. The Balaban J connectivity index is 1.19. The van der Waals surface area contributed by atoms with E-state index >= 15 is 0 Å². The predicted octanol–water partition coefficient (Wildman–Crippen LogP) is 2.62. The molecule has 3 aliphatic rings. The Morgan fingerprint density at radius 1 is 1.04 bits per heavy atom. The number of amides is 1. The van der Waals surface area contributed by atoms with Crippen molar-refractivity contribution in [3.63, 3.8) is 0 Å². The molecule has 4 heterocycles. The van der Waals surface area contributed by atoms with Crippen LogP contribution < -0.4 is 0 Å². The number of hydrogen-bond acceptors (Lipinski definition) is 6. The first kappa shape index (κ1) is 19.8. The zero-order valence-electron chi connectivity index (χ0n) is 17.0. The van der Waals surface area contributed by atoms with Crippen LogP contribution in [0, 0.1) is 5.92 Å². The molecule has 1 atom stereocenters. The van der Waals surface area contributed by atoms with Crippen LogP contribution in [0.1, 0.15) is 69.0 Å². The zero-order chi connectivity index (χ0) is 19.2. The lowest BCUT2D eigenvalue weighted by molar-refractivity contribution is -0.131. The van der Waals surface area contributed by atoms with Crippen LogP contribution in [0.15, 0.2) is 4.52 Å². The molecule has 0 N–H and O–H groups in total. The van der Waals surface area contributed by atoms with E-state index in [0.717, 1.165) is 83.2 Å². The van der Waals surface area contributed by atoms with Crippen molar-refractivity contribution in [2.45, 2.75) is 63.7 Å². The highest BCUT2D eigenvalue weighted by molar-refractivity contribution is 5.78. The first-order valence-electron chi connectivity index (χ1n) is 11.2. The summed E-state index contributed by atoms with van der Waals surface area (Å²) in [6.07, 6.45) is 9.98. The molecule has 0 bridgehead atoms. The number of ether oxygens (including phenoxy) is 1. The summed E-state index contributed by atoms with van der Waals surface area (Å²) in [6.45, 7) is 6.12. The van der Waals surface area contributed by atoms with Gasteiger partial charge in [-0.1, -0.05) is 18.0 Å². The van der Waals surface area contributed by atoms with Crippen molar-refractivity contribution in [1.82, 2.24) is 19.9 Å². The summed E-state index contributed by atoms with van der Waals surface area (Å²) in [5.41, 5.74) is 0. The summed E-state index contributed by atoms with van der Waals surface area (Å²) in [5.74, 6) is 2.81. The summed E-state index contributed by atoms with van der Waals surface area (Å²) in [5, 5.41) is 4.18. The average molecular weight is 391 g/mol. The molecular formula is C21H34N4O3. The Labute approximate surface area is 167 Å². The SMILES string of the molecule is O=C(CN1CCCCCC1)N1CCC(CCc2noc(C3CCOCC3)n2)C1. The van der Waals surface area contributed by atoms with Gasteiger partial charge in [0.15, 0.2) is 5.82 Å². The van der Waals surface area contributed by atoms with Gasteiger partial charge >= 0.3 is 0 Å². The van der Waals surface area contributed by atoms with E-state index in [1.54, 1.807) is 0 Å². The molecule has 156 valence electrons. The van der Waals surface area contributed by atoms with E-state index in [0.29, 0.717) is 24.3 Å². The van der Waals surface area contributed by atoms with E-state index in [9.17, 15) is 4.79 Å². The second-order valence-corrected chi connectivity index (χ2v) is 8.66. The number of carbonyl (C=O) groups excluding carboxylic acids is 1. The fourth-order valence-electron chi connectivity index (χ4n) is 4.69. The lowest BCUT2D eigenvalue weighted by Gasteiger charge is -2.23. The number of nitrogens with zero attached hydrogens (tertiary/aromatic N) is 4. The van der Waals surface area contributed by atoms with Gasteiger partial charge in [-0.05, 0) is 57.5 Å². The largest absolute Gasteiger partial charge is 0.381 e. The number of carbonyl (C=O) groups is 1. The maximum Gasteiger partial charge on any atom is 0.236 e. The molecule has 1 amide bonds. The molecule has 0 radical (unpaired) electrons. The number of hydrogen-bond donors (Lipinski definition) is 0. The fourth-order valence-corrected chi connectivity index (χ4v) is 4.69. The van der Waals surface area contributed by atoms with Crippen molar-refractivity contribution < 1.29 is 14.1 Å². The Morgan fingerprint density at radius 2 is 1.82 bits per heavy atom. The minimum Gasteiger partial charge on any atom is -0.381 e. The highest BCUT2D eigenvalue weighted by Crippen LogP contribution is 2.26. The predicted molar refractivity (Wildman–Crippen MR) is 105 cm³/mol. The van der Waals surface area contributed by atoms with Crippen LogP contribution in [0.25, 0.3) is 0 Å². The van der Waals surface area contributed by atoms with Crippen molar-refractivity contribution in [1.29, 1.82) is 0 Å². The van der Waals surface area contributed by atoms with Gasteiger partial charge in [-0.2, -0.15) is 4.98 Å². The van der Waals surface area contributed by atoms with Gasteiger partial charge in [0.05, 0.1) is 6.54 Å². The number of aryl methyl sites for hydroxylation is 1.